The summed E-state index contributed by atoms with van der Waals surface area (Å²) in [6, 6.07) is 3.33. The van der Waals surface area contributed by atoms with Gasteiger partial charge in [-0.15, -0.1) is 0 Å². The fourth-order valence-electron chi connectivity index (χ4n) is 4.80. The van der Waals surface area contributed by atoms with Gasteiger partial charge in [0.1, 0.15) is 5.54 Å². The Hall–Kier alpha value is -1.96. The molecule has 8 heteroatoms. The zero-order valence-electron chi connectivity index (χ0n) is 15.5. The number of hydrogen-bond donors (Lipinski definition) is 2. The van der Waals surface area contributed by atoms with Gasteiger partial charge in [-0.1, -0.05) is 17.7 Å². The summed E-state index contributed by atoms with van der Waals surface area (Å²) in [6.07, 6.45) is 0.565. The quantitative estimate of drug-likeness (QED) is 0.598. The standard InChI is InChI=1S/C19H22ClN3O4/c1-9-7-11-15(12(20)8-9)21-18(26)19(11)14-13(10(2)22-19)16(24)23(17(14)25)5-4-6-27-3/h7-8,10,13-14,22H,4-6H2,1-3H3,(H,21,26). The summed E-state index contributed by atoms with van der Waals surface area (Å²) in [5.41, 5.74) is 0.793. The molecule has 1 aromatic rings. The van der Waals surface area contributed by atoms with E-state index in [0.717, 1.165) is 5.56 Å². The van der Waals surface area contributed by atoms with Crippen LogP contribution in [0.15, 0.2) is 12.1 Å². The first kappa shape index (κ1) is 18.4. The van der Waals surface area contributed by atoms with Gasteiger partial charge in [-0.2, -0.15) is 0 Å². The number of nitrogens with zero attached hydrogens (tertiary/aromatic N) is 1. The lowest BCUT2D eigenvalue weighted by atomic mass is 9.76. The van der Waals surface area contributed by atoms with Crippen LogP contribution in [0.3, 0.4) is 0 Å². The molecule has 27 heavy (non-hydrogen) atoms. The number of amides is 3. The van der Waals surface area contributed by atoms with E-state index >= 15 is 0 Å². The number of aryl methyl sites for hydroxylation is 1. The van der Waals surface area contributed by atoms with Crippen molar-refractivity contribution in [2.24, 2.45) is 11.8 Å². The number of halogens is 1. The van der Waals surface area contributed by atoms with Crippen molar-refractivity contribution in [1.29, 1.82) is 0 Å². The molecule has 0 radical (unpaired) electrons. The molecule has 2 saturated heterocycles. The molecule has 3 amide bonds. The maximum absolute atomic E-state index is 13.2. The van der Waals surface area contributed by atoms with Crippen molar-refractivity contribution < 1.29 is 19.1 Å². The molecule has 1 spiro atoms. The Morgan fingerprint density at radius 3 is 2.70 bits per heavy atom. The molecule has 4 rings (SSSR count). The molecule has 3 heterocycles. The third-order valence-electron chi connectivity index (χ3n) is 5.89. The second kappa shape index (κ2) is 6.29. The van der Waals surface area contributed by atoms with Crippen molar-refractivity contribution in [2.45, 2.75) is 31.8 Å². The average Bonchev–Trinajstić information content (AvgIpc) is 3.16. The number of fused-ring (bicyclic) bond motifs is 4. The Morgan fingerprint density at radius 1 is 1.26 bits per heavy atom. The first-order chi connectivity index (χ1) is 12.8. The maximum atomic E-state index is 13.2. The van der Waals surface area contributed by atoms with Gasteiger partial charge in [0.25, 0.3) is 0 Å². The summed E-state index contributed by atoms with van der Waals surface area (Å²) in [6.45, 7) is 4.49. The molecular weight excluding hydrogens is 370 g/mol. The topological polar surface area (TPSA) is 87.7 Å². The summed E-state index contributed by atoms with van der Waals surface area (Å²) >= 11 is 6.34. The van der Waals surface area contributed by atoms with Crippen LogP contribution in [-0.2, 0) is 24.7 Å². The number of likely N-dealkylation sites (tertiary alicyclic amines) is 1. The lowest BCUT2D eigenvalue weighted by Gasteiger charge is -2.29. The number of carbonyl (C=O) groups is 3. The van der Waals surface area contributed by atoms with Crippen molar-refractivity contribution in [3.8, 4) is 0 Å². The molecule has 0 bridgehead atoms. The van der Waals surface area contributed by atoms with E-state index in [2.05, 4.69) is 10.6 Å². The predicted octanol–water partition coefficient (Wildman–Crippen LogP) is 1.43. The van der Waals surface area contributed by atoms with E-state index in [1.807, 2.05) is 19.9 Å². The molecule has 7 nitrogen and oxygen atoms in total. The average molecular weight is 392 g/mol. The number of hydrogen-bond acceptors (Lipinski definition) is 5. The largest absolute Gasteiger partial charge is 0.385 e. The number of ether oxygens (including phenoxy) is 1. The van der Waals surface area contributed by atoms with E-state index in [0.29, 0.717) is 35.8 Å². The zero-order chi connectivity index (χ0) is 19.5. The number of benzene rings is 1. The summed E-state index contributed by atoms with van der Waals surface area (Å²) < 4.78 is 5.03. The maximum Gasteiger partial charge on any atom is 0.250 e. The van der Waals surface area contributed by atoms with E-state index in [1.54, 1.807) is 13.2 Å². The van der Waals surface area contributed by atoms with Crippen LogP contribution in [0.2, 0.25) is 5.02 Å². The lowest BCUT2D eigenvalue weighted by molar-refractivity contribution is -0.143. The molecule has 0 saturated carbocycles. The highest BCUT2D eigenvalue weighted by Crippen LogP contribution is 2.54. The smallest absolute Gasteiger partial charge is 0.250 e. The van der Waals surface area contributed by atoms with E-state index in [1.165, 1.54) is 4.90 Å². The van der Waals surface area contributed by atoms with E-state index in [4.69, 9.17) is 16.3 Å². The molecule has 4 atom stereocenters. The summed E-state index contributed by atoms with van der Waals surface area (Å²) in [5, 5.41) is 6.53. The van der Waals surface area contributed by atoms with Crippen LogP contribution >= 0.6 is 11.6 Å². The fraction of sp³-hybridized carbons (Fsp3) is 0.526. The minimum absolute atomic E-state index is 0.224. The number of carbonyl (C=O) groups excluding carboxylic acids is 3. The van der Waals surface area contributed by atoms with Crippen LogP contribution in [0.4, 0.5) is 5.69 Å². The van der Waals surface area contributed by atoms with Crippen LogP contribution in [0.25, 0.3) is 0 Å². The Morgan fingerprint density at radius 2 is 2.00 bits per heavy atom. The Labute approximate surface area is 162 Å². The van der Waals surface area contributed by atoms with Crippen LogP contribution in [-0.4, -0.2) is 48.9 Å². The van der Waals surface area contributed by atoms with Crippen LogP contribution < -0.4 is 10.6 Å². The molecule has 0 aromatic heterocycles. The van der Waals surface area contributed by atoms with Crippen molar-refractivity contribution in [3.63, 3.8) is 0 Å². The Balaban J connectivity index is 1.80. The second-order valence-electron chi connectivity index (χ2n) is 7.54. The molecule has 2 N–H and O–H groups in total. The van der Waals surface area contributed by atoms with Gasteiger partial charge in [0.05, 0.1) is 22.5 Å². The van der Waals surface area contributed by atoms with Crippen LogP contribution in [0, 0.1) is 18.8 Å². The Bertz CT molecular complexity index is 858. The third kappa shape index (κ3) is 2.38. The van der Waals surface area contributed by atoms with Gasteiger partial charge < -0.3 is 10.1 Å². The third-order valence-corrected chi connectivity index (χ3v) is 6.19. The highest BCUT2D eigenvalue weighted by molar-refractivity contribution is 6.35. The first-order valence-electron chi connectivity index (χ1n) is 9.07. The first-order valence-corrected chi connectivity index (χ1v) is 9.44. The van der Waals surface area contributed by atoms with Gasteiger partial charge in [0.2, 0.25) is 17.7 Å². The summed E-state index contributed by atoms with van der Waals surface area (Å²) in [5.74, 6) is -2.21. The van der Waals surface area contributed by atoms with Gasteiger partial charge in [-0.05, 0) is 31.9 Å². The summed E-state index contributed by atoms with van der Waals surface area (Å²) in [4.78, 5) is 40.6. The van der Waals surface area contributed by atoms with Gasteiger partial charge in [-0.3, -0.25) is 24.6 Å². The van der Waals surface area contributed by atoms with Crippen molar-refractivity contribution in [1.82, 2.24) is 10.2 Å². The van der Waals surface area contributed by atoms with E-state index in [-0.39, 0.29) is 23.8 Å². The molecule has 0 aliphatic carbocycles. The van der Waals surface area contributed by atoms with Crippen molar-refractivity contribution in [3.05, 3.63) is 28.3 Å². The van der Waals surface area contributed by atoms with Crippen LogP contribution in [0.1, 0.15) is 24.5 Å². The number of anilines is 1. The number of imide groups is 1. The Kier molecular flexibility index (Phi) is 4.29. The van der Waals surface area contributed by atoms with Crippen LogP contribution in [0.5, 0.6) is 0 Å². The molecule has 1 aromatic carbocycles. The van der Waals surface area contributed by atoms with Crippen molar-refractivity contribution in [2.75, 3.05) is 25.6 Å². The molecular formula is C19H22ClN3O4. The zero-order valence-corrected chi connectivity index (χ0v) is 16.2. The molecule has 144 valence electrons. The highest BCUT2D eigenvalue weighted by atomic mass is 35.5. The number of nitrogens with one attached hydrogen (secondary N) is 2. The van der Waals surface area contributed by atoms with E-state index in [9.17, 15) is 14.4 Å². The normalized spacial score (nSPS) is 31.6. The van der Waals surface area contributed by atoms with Crippen molar-refractivity contribution >= 4 is 35.0 Å². The number of methoxy groups -OCH3 is 1. The SMILES string of the molecule is COCCCN1C(=O)C2C(C)NC3(C(=O)Nc4c(Cl)cc(C)cc43)C2C1=O. The minimum Gasteiger partial charge on any atom is -0.385 e. The molecule has 4 unspecified atom stereocenters. The lowest BCUT2D eigenvalue weighted by Crippen LogP contribution is -2.53. The molecule has 3 aliphatic heterocycles. The van der Waals surface area contributed by atoms with Gasteiger partial charge in [-0.25, -0.2) is 0 Å². The van der Waals surface area contributed by atoms with Gasteiger partial charge >= 0.3 is 0 Å². The minimum atomic E-state index is -1.27. The monoisotopic (exact) mass is 391 g/mol. The van der Waals surface area contributed by atoms with E-state index < -0.39 is 17.4 Å². The number of rotatable bonds is 4. The fourth-order valence-corrected chi connectivity index (χ4v) is 5.12. The predicted molar refractivity (Wildman–Crippen MR) is 99.3 cm³/mol. The molecule has 2 fully saturated rings. The van der Waals surface area contributed by atoms with Gasteiger partial charge in [0, 0.05) is 31.9 Å². The van der Waals surface area contributed by atoms with Gasteiger partial charge in [0.15, 0.2) is 0 Å². The second-order valence-corrected chi connectivity index (χ2v) is 7.95. The highest BCUT2D eigenvalue weighted by Gasteiger charge is 2.69. The summed E-state index contributed by atoms with van der Waals surface area (Å²) in [7, 11) is 1.58. The molecule has 3 aliphatic rings.